The molecular formula is C58H36N2O. The molecule has 12 rings (SSSR count). The Labute approximate surface area is 352 Å². The molecule has 0 aliphatic carbocycles. The Morgan fingerprint density at radius 3 is 1.74 bits per heavy atom. The van der Waals surface area contributed by atoms with E-state index in [9.17, 15) is 0 Å². The zero-order valence-corrected chi connectivity index (χ0v) is 33.1. The largest absolute Gasteiger partial charge is 0.455 e. The predicted octanol–water partition coefficient (Wildman–Crippen LogP) is 15.8. The molecule has 0 amide bonds. The van der Waals surface area contributed by atoms with Crippen molar-refractivity contribution >= 4 is 54.3 Å². The van der Waals surface area contributed by atoms with Crippen molar-refractivity contribution in [1.29, 1.82) is 0 Å². The van der Waals surface area contributed by atoms with E-state index in [0.29, 0.717) is 5.82 Å². The number of benzene rings is 10. The van der Waals surface area contributed by atoms with Crippen LogP contribution in [0.2, 0.25) is 0 Å². The molecule has 0 N–H and O–H groups in total. The van der Waals surface area contributed by atoms with Crippen LogP contribution in [0.3, 0.4) is 0 Å². The van der Waals surface area contributed by atoms with Crippen LogP contribution in [-0.2, 0) is 0 Å². The molecule has 0 aliphatic rings. The summed E-state index contributed by atoms with van der Waals surface area (Å²) in [4.78, 5) is 10.5. The third kappa shape index (κ3) is 5.98. The molecule has 3 nitrogen and oxygen atoms in total. The lowest BCUT2D eigenvalue weighted by atomic mass is 9.88. The SMILES string of the molecule is c1ccc(-c2nc(-c3cccc(-c4cccc(-c5c6ccccc6cc6c5ccc5ccccc56)c4)c3)cc(-c3ccccc3-c3cccc4c3oc3ccccc34)n2)cc1. The topological polar surface area (TPSA) is 38.9 Å². The third-order valence-corrected chi connectivity index (χ3v) is 12.1. The molecule has 284 valence electrons. The summed E-state index contributed by atoms with van der Waals surface area (Å²) < 4.78 is 6.53. The van der Waals surface area contributed by atoms with Crippen LogP contribution in [-0.4, -0.2) is 9.97 Å². The molecule has 0 saturated carbocycles. The summed E-state index contributed by atoms with van der Waals surface area (Å²) >= 11 is 0. The molecule has 10 aromatic carbocycles. The Morgan fingerprint density at radius 1 is 0.295 bits per heavy atom. The number of nitrogens with zero attached hydrogens (tertiary/aromatic N) is 2. The lowest BCUT2D eigenvalue weighted by molar-refractivity contribution is 0.670. The van der Waals surface area contributed by atoms with Crippen LogP contribution in [0.4, 0.5) is 0 Å². The molecule has 0 radical (unpaired) electrons. The summed E-state index contributed by atoms with van der Waals surface area (Å²) in [7, 11) is 0. The maximum absolute atomic E-state index is 6.53. The molecule has 3 heteroatoms. The van der Waals surface area contributed by atoms with Gasteiger partial charge in [0, 0.05) is 33.0 Å². The van der Waals surface area contributed by atoms with E-state index >= 15 is 0 Å². The van der Waals surface area contributed by atoms with Crippen molar-refractivity contribution in [3.05, 3.63) is 218 Å². The molecule has 0 fully saturated rings. The monoisotopic (exact) mass is 776 g/mol. The van der Waals surface area contributed by atoms with Crippen LogP contribution < -0.4 is 0 Å². The minimum Gasteiger partial charge on any atom is -0.455 e. The summed E-state index contributed by atoms with van der Waals surface area (Å²) in [6, 6.07) is 77.5. The van der Waals surface area contributed by atoms with E-state index < -0.39 is 0 Å². The first-order valence-electron chi connectivity index (χ1n) is 20.7. The molecule has 12 aromatic rings. The molecule has 0 spiro atoms. The average molecular weight is 777 g/mol. The fourth-order valence-electron chi connectivity index (χ4n) is 9.19. The van der Waals surface area contributed by atoms with Crippen LogP contribution in [0.5, 0.6) is 0 Å². The van der Waals surface area contributed by atoms with Crippen LogP contribution >= 0.6 is 0 Å². The highest BCUT2D eigenvalue weighted by molar-refractivity contribution is 6.20. The number of fused-ring (bicyclic) bond motifs is 7. The second-order valence-corrected chi connectivity index (χ2v) is 15.7. The number of aromatic nitrogens is 2. The van der Waals surface area contributed by atoms with Crippen molar-refractivity contribution < 1.29 is 4.42 Å². The van der Waals surface area contributed by atoms with Crippen molar-refractivity contribution in [2.45, 2.75) is 0 Å². The van der Waals surface area contributed by atoms with Gasteiger partial charge in [0.05, 0.1) is 11.4 Å². The number of hydrogen-bond acceptors (Lipinski definition) is 3. The van der Waals surface area contributed by atoms with Gasteiger partial charge in [-0.3, -0.25) is 0 Å². The van der Waals surface area contributed by atoms with Crippen LogP contribution in [0, 0.1) is 0 Å². The van der Waals surface area contributed by atoms with Gasteiger partial charge in [0.1, 0.15) is 11.2 Å². The van der Waals surface area contributed by atoms with Gasteiger partial charge >= 0.3 is 0 Å². The summed E-state index contributed by atoms with van der Waals surface area (Å²) in [5, 5.41) is 9.72. The third-order valence-electron chi connectivity index (χ3n) is 12.1. The van der Waals surface area contributed by atoms with Crippen molar-refractivity contribution in [2.24, 2.45) is 0 Å². The highest BCUT2D eigenvalue weighted by atomic mass is 16.3. The maximum atomic E-state index is 6.53. The number of hydrogen-bond donors (Lipinski definition) is 0. The van der Waals surface area contributed by atoms with Gasteiger partial charge in [0.15, 0.2) is 5.82 Å². The first-order valence-corrected chi connectivity index (χ1v) is 20.7. The van der Waals surface area contributed by atoms with E-state index in [0.717, 1.165) is 72.3 Å². The molecule has 2 aromatic heterocycles. The summed E-state index contributed by atoms with van der Waals surface area (Å²) in [6.45, 7) is 0. The summed E-state index contributed by atoms with van der Waals surface area (Å²) in [5.41, 5.74) is 13.2. The highest BCUT2D eigenvalue weighted by Crippen LogP contribution is 2.43. The van der Waals surface area contributed by atoms with Crippen molar-refractivity contribution in [1.82, 2.24) is 9.97 Å². The minimum atomic E-state index is 0.674. The Bertz CT molecular complexity index is 3660. The van der Waals surface area contributed by atoms with E-state index in [2.05, 4.69) is 188 Å². The molecule has 0 bridgehead atoms. The van der Waals surface area contributed by atoms with Crippen molar-refractivity contribution in [3.8, 4) is 67.3 Å². The lowest BCUT2D eigenvalue weighted by Crippen LogP contribution is -1.97. The zero-order valence-electron chi connectivity index (χ0n) is 33.1. The number of furan rings is 1. The molecule has 2 heterocycles. The quantitative estimate of drug-likeness (QED) is 0.125. The Morgan fingerprint density at radius 2 is 0.885 bits per heavy atom. The van der Waals surface area contributed by atoms with Gasteiger partial charge in [-0.15, -0.1) is 0 Å². The van der Waals surface area contributed by atoms with Crippen molar-refractivity contribution in [3.63, 3.8) is 0 Å². The van der Waals surface area contributed by atoms with Gasteiger partial charge in [-0.25, -0.2) is 9.97 Å². The smallest absolute Gasteiger partial charge is 0.160 e. The second kappa shape index (κ2) is 14.3. The minimum absolute atomic E-state index is 0.674. The Hall–Kier alpha value is -8.14. The molecular weight excluding hydrogens is 741 g/mol. The standard InChI is InChI=1S/C58H36N2O/c1-2-16-38(17-3-1)58-59-53(36-54(60-58)47-26-9-8-25-46(47)50-28-14-29-51-48-27-10-11-30-55(48)61-57(50)51)42-21-12-19-39(33-42)40-20-13-22-43(34-40)56-45-24-7-5-18-41(45)35-52-44-23-6-4-15-37(44)31-32-49(52)56/h1-36H. The van der Waals surface area contributed by atoms with Gasteiger partial charge in [0.25, 0.3) is 0 Å². The van der Waals surface area contributed by atoms with E-state index in [1.807, 2.05) is 30.3 Å². The number of para-hydroxylation sites is 2. The van der Waals surface area contributed by atoms with Gasteiger partial charge in [0.2, 0.25) is 0 Å². The Kier molecular flexibility index (Phi) is 8.17. The van der Waals surface area contributed by atoms with E-state index in [-0.39, 0.29) is 0 Å². The zero-order chi connectivity index (χ0) is 40.3. The first-order chi connectivity index (χ1) is 30.2. The van der Waals surface area contributed by atoms with Gasteiger partial charge in [-0.05, 0) is 90.5 Å². The summed E-state index contributed by atoms with van der Waals surface area (Å²) in [6.07, 6.45) is 0. The number of rotatable bonds is 6. The fraction of sp³-hybridized carbons (Fsp3) is 0. The first kappa shape index (κ1) is 34.9. The van der Waals surface area contributed by atoms with E-state index in [1.165, 1.54) is 43.4 Å². The van der Waals surface area contributed by atoms with Gasteiger partial charge < -0.3 is 4.42 Å². The van der Waals surface area contributed by atoms with Crippen molar-refractivity contribution in [2.75, 3.05) is 0 Å². The molecule has 0 atom stereocenters. The van der Waals surface area contributed by atoms with Crippen LogP contribution in [0.25, 0.3) is 122 Å². The molecule has 61 heavy (non-hydrogen) atoms. The molecule has 0 saturated heterocycles. The van der Waals surface area contributed by atoms with E-state index in [4.69, 9.17) is 14.4 Å². The normalized spacial score (nSPS) is 11.6. The van der Waals surface area contributed by atoms with Crippen LogP contribution in [0.15, 0.2) is 223 Å². The second-order valence-electron chi connectivity index (χ2n) is 15.7. The molecule has 0 aliphatic heterocycles. The fourth-order valence-corrected chi connectivity index (χ4v) is 9.19. The summed E-state index contributed by atoms with van der Waals surface area (Å²) in [5.74, 6) is 0.674. The van der Waals surface area contributed by atoms with Gasteiger partial charge in [-0.1, -0.05) is 188 Å². The average Bonchev–Trinajstić information content (AvgIpc) is 3.72. The van der Waals surface area contributed by atoms with Gasteiger partial charge in [-0.2, -0.15) is 0 Å². The predicted molar refractivity (Wildman–Crippen MR) is 254 cm³/mol. The van der Waals surface area contributed by atoms with Crippen LogP contribution in [0.1, 0.15) is 0 Å². The highest BCUT2D eigenvalue weighted by Gasteiger charge is 2.19. The van der Waals surface area contributed by atoms with E-state index in [1.54, 1.807) is 0 Å². The molecule has 0 unspecified atom stereocenters. The maximum Gasteiger partial charge on any atom is 0.160 e. The lowest BCUT2D eigenvalue weighted by Gasteiger charge is -2.15. The Balaban J connectivity index is 1.00.